The number of nitrogens with zero attached hydrogens (tertiary/aromatic N) is 4. The zero-order chi connectivity index (χ0) is 18.5. The fourth-order valence-corrected chi connectivity index (χ4v) is 3.42. The minimum Gasteiger partial charge on any atom is -0.348 e. The lowest BCUT2D eigenvalue weighted by molar-refractivity contribution is -0.126. The highest BCUT2D eigenvalue weighted by molar-refractivity contribution is 5.79. The standard InChI is InChI=1S/C20H27N5O/c1-4-25(5-2)20-22-13-16-12-15(9-10-18(16)24-20)19(26)23-14(3)17-8-6-7-11-21-17/h6-8,11,13-15H,4-5,9-10,12H2,1-3H3,(H,23,26). The van der Waals surface area contributed by atoms with Crippen LogP contribution < -0.4 is 10.2 Å². The molecule has 2 aromatic heterocycles. The van der Waals surface area contributed by atoms with Gasteiger partial charge in [-0.3, -0.25) is 9.78 Å². The van der Waals surface area contributed by atoms with Crippen LogP contribution in [0.15, 0.2) is 30.6 Å². The Balaban J connectivity index is 1.65. The second-order valence-electron chi connectivity index (χ2n) is 6.74. The van der Waals surface area contributed by atoms with Crippen LogP contribution in [-0.4, -0.2) is 33.9 Å². The van der Waals surface area contributed by atoms with E-state index in [4.69, 9.17) is 4.98 Å². The second kappa shape index (κ2) is 8.25. The Labute approximate surface area is 155 Å². The summed E-state index contributed by atoms with van der Waals surface area (Å²) < 4.78 is 0. The smallest absolute Gasteiger partial charge is 0.225 e. The van der Waals surface area contributed by atoms with Crippen molar-refractivity contribution in [1.29, 1.82) is 0 Å². The molecular weight excluding hydrogens is 326 g/mol. The van der Waals surface area contributed by atoms with Crippen molar-refractivity contribution in [3.05, 3.63) is 47.5 Å². The van der Waals surface area contributed by atoms with Crippen LogP contribution >= 0.6 is 0 Å². The molecule has 2 unspecified atom stereocenters. The van der Waals surface area contributed by atoms with Gasteiger partial charge in [0, 0.05) is 37.1 Å². The van der Waals surface area contributed by atoms with Crippen LogP contribution in [0, 0.1) is 5.92 Å². The van der Waals surface area contributed by atoms with Gasteiger partial charge in [0.25, 0.3) is 0 Å². The third kappa shape index (κ3) is 4.00. The first-order chi connectivity index (χ1) is 12.6. The van der Waals surface area contributed by atoms with Crippen molar-refractivity contribution in [3.63, 3.8) is 0 Å². The van der Waals surface area contributed by atoms with E-state index in [2.05, 4.69) is 34.0 Å². The van der Waals surface area contributed by atoms with Crippen LogP contribution in [0.5, 0.6) is 0 Å². The molecule has 6 nitrogen and oxygen atoms in total. The molecular formula is C20H27N5O. The molecule has 26 heavy (non-hydrogen) atoms. The number of anilines is 1. The number of aromatic nitrogens is 3. The summed E-state index contributed by atoms with van der Waals surface area (Å²) >= 11 is 0. The first-order valence-corrected chi connectivity index (χ1v) is 9.43. The average molecular weight is 353 g/mol. The number of hydrogen-bond donors (Lipinski definition) is 1. The van der Waals surface area contributed by atoms with Crippen molar-refractivity contribution in [3.8, 4) is 0 Å². The number of carbonyl (C=O) groups excluding carboxylic acids is 1. The Morgan fingerprint density at radius 1 is 1.31 bits per heavy atom. The van der Waals surface area contributed by atoms with E-state index in [1.54, 1.807) is 6.20 Å². The van der Waals surface area contributed by atoms with Crippen LogP contribution in [0.2, 0.25) is 0 Å². The van der Waals surface area contributed by atoms with Gasteiger partial charge in [-0.15, -0.1) is 0 Å². The molecule has 3 rings (SSSR count). The van der Waals surface area contributed by atoms with Crippen molar-refractivity contribution in [2.45, 2.75) is 46.1 Å². The highest BCUT2D eigenvalue weighted by Gasteiger charge is 2.27. The lowest BCUT2D eigenvalue weighted by Gasteiger charge is -2.26. The maximum absolute atomic E-state index is 12.7. The Morgan fingerprint density at radius 2 is 2.12 bits per heavy atom. The molecule has 0 aliphatic heterocycles. The topological polar surface area (TPSA) is 71.0 Å². The van der Waals surface area contributed by atoms with Gasteiger partial charge in [0.1, 0.15) is 0 Å². The number of rotatable bonds is 6. The van der Waals surface area contributed by atoms with Crippen molar-refractivity contribution in [2.24, 2.45) is 5.92 Å². The Kier molecular flexibility index (Phi) is 5.81. The number of hydrogen-bond acceptors (Lipinski definition) is 5. The quantitative estimate of drug-likeness (QED) is 0.864. The lowest BCUT2D eigenvalue weighted by atomic mass is 9.86. The van der Waals surface area contributed by atoms with E-state index in [-0.39, 0.29) is 17.9 Å². The van der Waals surface area contributed by atoms with Gasteiger partial charge in [0.2, 0.25) is 11.9 Å². The number of amides is 1. The predicted octanol–water partition coefficient (Wildman–Crippen LogP) is 2.70. The van der Waals surface area contributed by atoms with E-state index in [9.17, 15) is 4.79 Å². The molecule has 1 aliphatic rings. The Morgan fingerprint density at radius 3 is 2.81 bits per heavy atom. The van der Waals surface area contributed by atoms with E-state index in [1.165, 1.54) is 0 Å². The van der Waals surface area contributed by atoms with E-state index >= 15 is 0 Å². The van der Waals surface area contributed by atoms with Crippen LogP contribution in [0.25, 0.3) is 0 Å². The Hall–Kier alpha value is -2.50. The van der Waals surface area contributed by atoms with Crippen molar-refractivity contribution in [2.75, 3.05) is 18.0 Å². The molecule has 0 bridgehead atoms. The summed E-state index contributed by atoms with van der Waals surface area (Å²) in [5.74, 6) is 0.846. The molecule has 0 aromatic carbocycles. The molecule has 6 heteroatoms. The summed E-state index contributed by atoms with van der Waals surface area (Å²) in [6.45, 7) is 7.97. The average Bonchev–Trinajstić information content (AvgIpc) is 2.69. The fraction of sp³-hybridized carbons (Fsp3) is 0.500. The molecule has 1 amide bonds. The van der Waals surface area contributed by atoms with Crippen LogP contribution in [0.3, 0.4) is 0 Å². The van der Waals surface area contributed by atoms with Crippen LogP contribution in [0.1, 0.15) is 50.2 Å². The monoisotopic (exact) mass is 353 g/mol. The molecule has 0 saturated heterocycles. The molecule has 1 N–H and O–H groups in total. The molecule has 0 saturated carbocycles. The molecule has 2 aromatic rings. The normalized spacial score (nSPS) is 17.3. The second-order valence-corrected chi connectivity index (χ2v) is 6.74. The van der Waals surface area contributed by atoms with Crippen LogP contribution in [-0.2, 0) is 17.6 Å². The van der Waals surface area contributed by atoms with Crippen LogP contribution in [0.4, 0.5) is 5.95 Å². The SMILES string of the molecule is CCN(CC)c1ncc2c(n1)CCC(C(=O)NC(C)c1ccccn1)C2. The summed E-state index contributed by atoms with van der Waals surface area (Å²) in [6.07, 6.45) is 6.00. The summed E-state index contributed by atoms with van der Waals surface area (Å²) in [5, 5.41) is 3.09. The molecule has 0 fully saturated rings. The molecule has 0 radical (unpaired) electrons. The maximum Gasteiger partial charge on any atom is 0.225 e. The van der Waals surface area contributed by atoms with Gasteiger partial charge < -0.3 is 10.2 Å². The molecule has 0 spiro atoms. The fourth-order valence-electron chi connectivity index (χ4n) is 3.42. The van der Waals surface area contributed by atoms with Crippen molar-refractivity contribution in [1.82, 2.24) is 20.3 Å². The first-order valence-electron chi connectivity index (χ1n) is 9.43. The first kappa shape index (κ1) is 18.3. The van der Waals surface area contributed by atoms with Gasteiger partial charge in [0.15, 0.2) is 0 Å². The number of fused-ring (bicyclic) bond motifs is 1. The summed E-state index contributed by atoms with van der Waals surface area (Å²) in [7, 11) is 0. The third-order valence-electron chi connectivity index (χ3n) is 5.04. The number of pyridine rings is 1. The molecule has 2 heterocycles. The number of aryl methyl sites for hydroxylation is 1. The molecule has 1 aliphatic carbocycles. The van der Waals surface area contributed by atoms with Gasteiger partial charge in [-0.2, -0.15) is 0 Å². The largest absolute Gasteiger partial charge is 0.348 e. The minimum absolute atomic E-state index is 0.0310. The zero-order valence-corrected chi connectivity index (χ0v) is 15.8. The molecule has 2 atom stereocenters. The number of carbonyl (C=O) groups is 1. The number of nitrogens with one attached hydrogen (secondary N) is 1. The van der Waals surface area contributed by atoms with E-state index in [1.807, 2.05) is 31.3 Å². The Bertz CT molecular complexity index is 745. The molecule has 138 valence electrons. The zero-order valence-electron chi connectivity index (χ0n) is 15.8. The lowest BCUT2D eigenvalue weighted by Crippen LogP contribution is -2.36. The third-order valence-corrected chi connectivity index (χ3v) is 5.04. The summed E-state index contributed by atoms with van der Waals surface area (Å²) in [6, 6.07) is 5.66. The van der Waals surface area contributed by atoms with Crippen molar-refractivity contribution >= 4 is 11.9 Å². The van der Waals surface area contributed by atoms with Gasteiger partial charge in [-0.1, -0.05) is 6.07 Å². The van der Waals surface area contributed by atoms with E-state index < -0.39 is 0 Å². The van der Waals surface area contributed by atoms with E-state index in [0.717, 1.165) is 48.8 Å². The van der Waals surface area contributed by atoms with Crippen molar-refractivity contribution < 1.29 is 4.79 Å². The summed E-state index contributed by atoms with van der Waals surface area (Å²) in [5.41, 5.74) is 3.06. The predicted molar refractivity (Wildman–Crippen MR) is 102 cm³/mol. The van der Waals surface area contributed by atoms with Gasteiger partial charge >= 0.3 is 0 Å². The summed E-state index contributed by atoms with van der Waals surface area (Å²) in [4.78, 5) is 28.4. The highest BCUT2D eigenvalue weighted by atomic mass is 16.1. The van der Waals surface area contributed by atoms with Gasteiger partial charge in [-0.25, -0.2) is 9.97 Å². The highest BCUT2D eigenvalue weighted by Crippen LogP contribution is 2.26. The van der Waals surface area contributed by atoms with Gasteiger partial charge in [-0.05, 0) is 57.7 Å². The maximum atomic E-state index is 12.7. The minimum atomic E-state index is -0.0913. The van der Waals surface area contributed by atoms with E-state index in [0.29, 0.717) is 6.42 Å². The van der Waals surface area contributed by atoms with Gasteiger partial charge in [0.05, 0.1) is 11.7 Å².